The number of carbonyl (C=O) groups is 5. The third-order valence-electron chi connectivity index (χ3n) is 14.7. The smallest absolute Gasteiger partial charge is 0.302 e. The summed E-state index contributed by atoms with van der Waals surface area (Å²) in [6.07, 6.45) is 3.03. The second kappa shape index (κ2) is 79.9. The molecule has 1 rings (SSSR count). The van der Waals surface area contributed by atoms with Crippen molar-refractivity contribution in [3.05, 3.63) is 29.8 Å². The van der Waals surface area contributed by atoms with Crippen molar-refractivity contribution in [1.29, 1.82) is 0 Å². The average Bonchev–Trinajstić information content (AvgIpc) is 0.886. The maximum Gasteiger partial charge on any atom is 0.302 e. The third-order valence-corrected chi connectivity index (χ3v) is 14.7. The maximum absolute atomic E-state index is 13.3. The molecule has 0 bridgehead atoms. The number of unbranched alkanes of at least 4 members (excludes halogenated alkanes) is 1. The van der Waals surface area contributed by atoms with Gasteiger partial charge in [-0.25, -0.2) is 0 Å². The van der Waals surface area contributed by atoms with Gasteiger partial charge in [-0.3, -0.25) is 24.0 Å². The standard InChI is InChI=1S/C75H137N3O29/c1-7-9-18-84-20-22-86-24-26-88-28-30-90-32-34-92-36-38-94-40-42-96-44-46-98-48-50-100-52-54-102-56-58-104-60-62-106-63-61-105-59-57-103-55-53-101-51-49-99-47-45-97-43-41-95-39-37-93-35-33-91-31-29-89-27-25-87-23-21-85-19-15-73(82)78(16-8-2)17-14-72(81)77-74(66(3)4)71(80)64-67(5)75(83)76-70-12-10-69(11-13-70)65-107-68(6)79/h10-13,66-67,74H,7-9,14-65H2,1-6H3,(H,76,83)(H,77,81)/t67-,74+/m1/s1. The van der Waals surface area contributed by atoms with Gasteiger partial charge in [0.2, 0.25) is 17.7 Å². The van der Waals surface area contributed by atoms with Gasteiger partial charge >= 0.3 is 5.97 Å². The Kier molecular flexibility index (Phi) is 75.3. The van der Waals surface area contributed by atoms with Gasteiger partial charge in [0.25, 0.3) is 0 Å². The normalized spacial score (nSPS) is 12.1. The molecule has 626 valence electrons. The van der Waals surface area contributed by atoms with Crippen molar-refractivity contribution >= 4 is 35.2 Å². The van der Waals surface area contributed by atoms with Crippen LogP contribution >= 0.6 is 0 Å². The first-order valence-electron chi connectivity index (χ1n) is 38.4. The summed E-state index contributed by atoms with van der Waals surface area (Å²) >= 11 is 0. The first-order chi connectivity index (χ1) is 52.5. The van der Waals surface area contributed by atoms with Crippen molar-refractivity contribution in [3.63, 3.8) is 0 Å². The minimum Gasteiger partial charge on any atom is -0.461 e. The molecule has 0 aliphatic carbocycles. The van der Waals surface area contributed by atoms with Crippen molar-refractivity contribution in [2.45, 2.75) is 92.7 Å². The Bertz CT molecular complexity index is 2130. The number of hydrogen-bond donors (Lipinski definition) is 2. The predicted octanol–water partition coefficient (Wildman–Crippen LogP) is 4.62. The Morgan fingerprint density at radius 2 is 0.617 bits per heavy atom. The van der Waals surface area contributed by atoms with Gasteiger partial charge in [-0.2, -0.15) is 0 Å². The molecule has 32 nitrogen and oxygen atoms in total. The van der Waals surface area contributed by atoms with E-state index in [-0.39, 0.29) is 74.4 Å². The third kappa shape index (κ3) is 70.7. The molecule has 1 aromatic carbocycles. The van der Waals surface area contributed by atoms with Gasteiger partial charge in [-0.1, -0.05) is 53.2 Å². The molecule has 0 fully saturated rings. The van der Waals surface area contributed by atoms with Crippen molar-refractivity contribution < 1.29 is 138 Å². The lowest BCUT2D eigenvalue weighted by atomic mass is 9.92. The van der Waals surface area contributed by atoms with E-state index in [0.29, 0.717) is 309 Å². The molecule has 1 aromatic rings. The Labute approximate surface area is 637 Å². The zero-order valence-corrected chi connectivity index (χ0v) is 65.7. The second-order valence-corrected chi connectivity index (χ2v) is 24.1. The number of ketones is 1. The summed E-state index contributed by atoms with van der Waals surface area (Å²) in [5.41, 5.74) is 1.31. The average molecular weight is 1540 g/mol. The molecule has 0 heterocycles. The fraction of sp³-hybridized carbons (Fsp3) is 0.853. The Hall–Kier alpha value is -4.15. The number of esters is 1. The van der Waals surface area contributed by atoms with Crippen molar-refractivity contribution in [2.75, 3.05) is 322 Å². The van der Waals surface area contributed by atoms with E-state index in [2.05, 4.69) is 17.6 Å². The van der Waals surface area contributed by atoms with Crippen molar-refractivity contribution in [2.24, 2.45) is 11.8 Å². The molecule has 0 aliphatic heterocycles. The van der Waals surface area contributed by atoms with Crippen LogP contribution in [0.5, 0.6) is 0 Å². The maximum atomic E-state index is 13.3. The number of anilines is 1. The highest BCUT2D eigenvalue weighted by molar-refractivity contribution is 5.97. The minimum atomic E-state index is -0.792. The van der Waals surface area contributed by atoms with E-state index in [0.717, 1.165) is 25.0 Å². The number of nitrogens with zero attached hydrogens (tertiary/aromatic N) is 1. The number of rotatable bonds is 86. The van der Waals surface area contributed by atoms with E-state index in [1.807, 2.05) is 20.8 Å². The van der Waals surface area contributed by atoms with Crippen LogP contribution in [0.2, 0.25) is 0 Å². The Balaban J connectivity index is 1.76. The monoisotopic (exact) mass is 1540 g/mol. The Morgan fingerprint density at radius 1 is 0.346 bits per heavy atom. The minimum absolute atomic E-state index is 0.0211. The lowest BCUT2D eigenvalue weighted by Crippen LogP contribution is -2.46. The van der Waals surface area contributed by atoms with Gasteiger partial charge in [-0.05, 0) is 36.5 Å². The highest BCUT2D eigenvalue weighted by atomic mass is 16.6. The molecule has 3 amide bonds. The van der Waals surface area contributed by atoms with Crippen LogP contribution in [-0.4, -0.2) is 357 Å². The summed E-state index contributed by atoms with van der Waals surface area (Å²) in [4.78, 5) is 65.0. The molecule has 0 aliphatic rings. The second-order valence-electron chi connectivity index (χ2n) is 24.1. The van der Waals surface area contributed by atoms with Crippen molar-refractivity contribution in [3.8, 4) is 0 Å². The van der Waals surface area contributed by atoms with Crippen LogP contribution in [0.3, 0.4) is 0 Å². The number of ether oxygens (including phenoxy) is 24. The SMILES string of the molecule is CCCCOCCOCCOCCOCCOCCOCCOCCOCCOCCOCCOCCOCCOCCOCCOCCOCCOCCOCCOCCOCCOCCOCCOCCC(=O)N(CCC)CCC(=O)N[C@H](C(=O)C[C@@H](C)C(=O)Nc1ccc(COC(C)=O)cc1)C(C)C. The van der Waals surface area contributed by atoms with Crippen LogP contribution in [0.4, 0.5) is 5.69 Å². The molecule has 0 saturated heterocycles. The van der Waals surface area contributed by atoms with E-state index < -0.39 is 12.0 Å². The lowest BCUT2D eigenvalue weighted by Gasteiger charge is -2.25. The summed E-state index contributed by atoms with van der Waals surface area (Å²) in [6, 6.07) is 6.07. The van der Waals surface area contributed by atoms with Crippen LogP contribution in [0.25, 0.3) is 0 Å². The number of carbonyl (C=O) groups excluding carboxylic acids is 5. The van der Waals surface area contributed by atoms with E-state index in [4.69, 9.17) is 114 Å². The van der Waals surface area contributed by atoms with Crippen LogP contribution in [-0.2, 0) is 144 Å². The fourth-order valence-electron chi connectivity index (χ4n) is 8.89. The summed E-state index contributed by atoms with van der Waals surface area (Å²) in [5, 5.41) is 5.63. The van der Waals surface area contributed by atoms with Gasteiger partial charge < -0.3 is 129 Å². The lowest BCUT2D eigenvalue weighted by molar-refractivity contribution is -0.142. The molecule has 2 N–H and O–H groups in total. The van der Waals surface area contributed by atoms with E-state index in [1.165, 1.54) is 6.92 Å². The number of benzene rings is 1. The summed E-state index contributed by atoms with van der Waals surface area (Å²) in [5.74, 6) is -2.35. The number of nitrogens with one attached hydrogen (secondary N) is 2. The quantitative estimate of drug-likeness (QED) is 0.0663. The topological polar surface area (TPSA) is 334 Å². The van der Waals surface area contributed by atoms with Crippen LogP contribution in [0, 0.1) is 11.8 Å². The molecular formula is C75H137N3O29. The molecule has 107 heavy (non-hydrogen) atoms. The van der Waals surface area contributed by atoms with Crippen LogP contribution in [0.1, 0.15) is 85.6 Å². The van der Waals surface area contributed by atoms with Gasteiger partial charge in [0, 0.05) is 51.1 Å². The molecular weight excluding hydrogens is 1410 g/mol. The molecule has 0 aromatic heterocycles. The highest BCUT2D eigenvalue weighted by Crippen LogP contribution is 2.16. The molecule has 0 spiro atoms. The first-order valence-corrected chi connectivity index (χ1v) is 38.4. The summed E-state index contributed by atoms with van der Waals surface area (Å²) in [7, 11) is 0. The van der Waals surface area contributed by atoms with Gasteiger partial charge in [0.1, 0.15) is 6.61 Å². The molecule has 0 radical (unpaired) electrons. The van der Waals surface area contributed by atoms with Gasteiger partial charge in [-0.15, -0.1) is 0 Å². The van der Waals surface area contributed by atoms with Crippen LogP contribution in [0.15, 0.2) is 24.3 Å². The molecule has 0 saturated carbocycles. The first kappa shape index (κ1) is 101. The molecule has 32 heteroatoms. The van der Waals surface area contributed by atoms with E-state index in [1.54, 1.807) is 36.1 Å². The zero-order valence-electron chi connectivity index (χ0n) is 65.7. The van der Waals surface area contributed by atoms with E-state index in [9.17, 15) is 24.0 Å². The summed E-state index contributed by atoms with van der Waals surface area (Å²) in [6.45, 7) is 33.3. The largest absolute Gasteiger partial charge is 0.461 e. The number of amides is 3. The van der Waals surface area contributed by atoms with Crippen molar-refractivity contribution in [1.82, 2.24) is 10.2 Å². The molecule has 0 unspecified atom stereocenters. The highest BCUT2D eigenvalue weighted by Gasteiger charge is 2.28. The predicted molar refractivity (Wildman–Crippen MR) is 396 cm³/mol. The zero-order chi connectivity index (χ0) is 77.5. The van der Waals surface area contributed by atoms with Gasteiger partial charge in [0.05, 0.1) is 310 Å². The fourth-order valence-corrected chi connectivity index (χ4v) is 8.89. The number of Topliss-reactive ketones (excluding diaryl/α,β-unsaturated/α-hetero) is 1. The molecule has 2 atom stereocenters. The summed E-state index contributed by atoms with van der Waals surface area (Å²) < 4.78 is 132. The van der Waals surface area contributed by atoms with E-state index >= 15 is 0 Å². The van der Waals surface area contributed by atoms with Gasteiger partial charge in [0.15, 0.2) is 5.78 Å². The van der Waals surface area contributed by atoms with Crippen LogP contribution < -0.4 is 10.6 Å². The number of hydrogen-bond acceptors (Lipinski definition) is 29. The Morgan fingerprint density at radius 3 is 0.869 bits per heavy atom.